The van der Waals surface area contributed by atoms with Gasteiger partial charge in [0.05, 0.1) is 26.0 Å². The first-order valence-corrected chi connectivity index (χ1v) is 8.00. The number of hydrogen-bond donors (Lipinski definition) is 0. The smallest absolute Gasteiger partial charge is 0.493 e. The van der Waals surface area contributed by atoms with Crippen LogP contribution in [0.25, 0.3) is 11.4 Å². The number of imidazole rings is 1. The van der Waals surface area contributed by atoms with Crippen LogP contribution in [0.4, 0.5) is 17.6 Å². The molecule has 5 nitrogen and oxygen atoms in total. The number of ether oxygens (including phenoxy) is 3. The van der Waals surface area contributed by atoms with E-state index in [0.717, 1.165) is 11.4 Å². The maximum atomic E-state index is 13.1. The van der Waals surface area contributed by atoms with Gasteiger partial charge in [0.1, 0.15) is 18.6 Å². The fraction of sp³-hybridized carbons (Fsp3) is 0.471. The van der Waals surface area contributed by atoms with Crippen molar-refractivity contribution in [2.45, 2.75) is 32.4 Å². The molecule has 0 aliphatic carbocycles. The number of alkyl halides is 4. The molecule has 2 heterocycles. The number of aryl methyl sites for hydroxylation is 1. The van der Waals surface area contributed by atoms with E-state index >= 15 is 0 Å². The van der Waals surface area contributed by atoms with Gasteiger partial charge in [-0.2, -0.15) is 0 Å². The summed E-state index contributed by atoms with van der Waals surface area (Å²) in [6.07, 6.45) is -4.82. The van der Waals surface area contributed by atoms with Crippen LogP contribution in [0.15, 0.2) is 18.2 Å². The summed E-state index contributed by atoms with van der Waals surface area (Å²) < 4.78 is 66.9. The summed E-state index contributed by atoms with van der Waals surface area (Å²) in [7, 11) is 1.26. The third-order valence-electron chi connectivity index (χ3n) is 4.17. The normalized spacial score (nSPS) is 17.5. The highest BCUT2D eigenvalue weighted by molar-refractivity contribution is 5.62. The van der Waals surface area contributed by atoms with Crippen molar-refractivity contribution in [1.29, 1.82) is 0 Å². The lowest BCUT2D eigenvalue weighted by Crippen LogP contribution is -2.21. The molecule has 0 saturated carbocycles. The number of benzene rings is 1. The van der Waals surface area contributed by atoms with Gasteiger partial charge >= 0.3 is 6.36 Å². The Morgan fingerprint density at radius 2 is 2.08 bits per heavy atom. The first-order chi connectivity index (χ1) is 12.3. The van der Waals surface area contributed by atoms with Gasteiger partial charge in [-0.25, -0.2) is 9.37 Å². The Morgan fingerprint density at radius 1 is 1.31 bits per heavy atom. The molecule has 0 N–H and O–H groups in total. The highest BCUT2D eigenvalue weighted by Crippen LogP contribution is 2.36. The monoisotopic (exact) mass is 374 g/mol. The lowest BCUT2D eigenvalue weighted by molar-refractivity contribution is -0.275. The summed E-state index contributed by atoms with van der Waals surface area (Å²) in [5.41, 5.74) is 2.24. The second-order valence-corrected chi connectivity index (χ2v) is 5.89. The van der Waals surface area contributed by atoms with Crippen LogP contribution in [-0.4, -0.2) is 42.4 Å². The summed E-state index contributed by atoms with van der Waals surface area (Å²) in [5, 5.41) is 0. The Balaban J connectivity index is 2.02. The van der Waals surface area contributed by atoms with E-state index in [9.17, 15) is 17.6 Å². The van der Waals surface area contributed by atoms with Gasteiger partial charge in [-0.05, 0) is 25.1 Å². The molecule has 1 aromatic heterocycles. The third-order valence-corrected chi connectivity index (χ3v) is 4.17. The number of halogens is 4. The van der Waals surface area contributed by atoms with Crippen LogP contribution in [0.2, 0.25) is 0 Å². The predicted octanol–water partition coefficient (Wildman–Crippen LogP) is 3.68. The summed E-state index contributed by atoms with van der Waals surface area (Å²) in [6.45, 7) is 1.88. The van der Waals surface area contributed by atoms with Crippen molar-refractivity contribution in [3.05, 3.63) is 29.6 Å². The first kappa shape index (κ1) is 18.5. The summed E-state index contributed by atoms with van der Waals surface area (Å²) in [5.74, 6) is 0.0214. The summed E-state index contributed by atoms with van der Waals surface area (Å²) in [4.78, 5) is 4.52. The van der Waals surface area contributed by atoms with Gasteiger partial charge in [0, 0.05) is 17.7 Å². The molecule has 0 fully saturated rings. The molecular formula is C17H18F4N2O3. The molecule has 1 aliphatic rings. The highest BCUT2D eigenvalue weighted by Gasteiger charge is 2.33. The average molecular weight is 374 g/mol. The topological polar surface area (TPSA) is 45.5 Å². The zero-order valence-corrected chi connectivity index (χ0v) is 14.3. The zero-order valence-electron chi connectivity index (χ0n) is 14.3. The Morgan fingerprint density at radius 3 is 2.73 bits per heavy atom. The largest absolute Gasteiger partial charge is 0.573 e. The zero-order chi connectivity index (χ0) is 18.9. The molecule has 26 heavy (non-hydrogen) atoms. The van der Waals surface area contributed by atoms with Crippen LogP contribution in [-0.2, 0) is 17.7 Å². The van der Waals surface area contributed by atoms with Crippen LogP contribution >= 0.6 is 0 Å². The van der Waals surface area contributed by atoms with Crippen LogP contribution in [0.3, 0.4) is 0 Å². The molecule has 0 radical (unpaired) electrons. The van der Waals surface area contributed by atoms with Gasteiger partial charge in [0.25, 0.3) is 0 Å². The molecule has 2 aromatic rings. The Kier molecular flexibility index (Phi) is 5.08. The molecule has 1 aromatic carbocycles. The molecule has 9 heteroatoms. The number of methoxy groups -OCH3 is 1. The lowest BCUT2D eigenvalue weighted by Gasteiger charge is -2.16. The lowest BCUT2D eigenvalue weighted by atomic mass is 10.2. The molecule has 142 valence electrons. The van der Waals surface area contributed by atoms with Crippen molar-refractivity contribution in [3.8, 4) is 22.9 Å². The Labute approximate surface area is 147 Å². The van der Waals surface area contributed by atoms with Gasteiger partial charge in [0.2, 0.25) is 0 Å². The van der Waals surface area contributed by atoms with Crippen LogP contribution in [0.1, 0.15) is 11.4 Å². The fourth-order valence-corrected chi connectivity index (χ4v) is 3.03. The van der Waals surface area contributed by atoms with Crippen molar-refractivity contribution < 1.29 is 31.8 Å². The van der Waals surface area contributed by atoms with E-state index in [1.54, 1.807) is 0 Å². The highest BCUT2D eigenvalue weighted by atomic mass is 19.4. The minimum absolute atomic E-state index is 0.0678. The van der Waals surface area contributed by atoms with E-state index in [4.69, 9.17) is 9.47 Å². The minimum Gasteiger partial charge on any atom is -0.493 e. The SMILES string of the molecule is COc1cc(-c2nc(C)c3n2C[C@@H](CF)OCC3)ccc1OC(F)(F)F. The number of hydrogen-bond acceptors (Lipinski definition) is 4. The van der Waals surface area contributed by atoms with E-state index in [0.29, 0.717) is 24.4 Å². The van der Waals surface area contributed by atoms with E-state index in [1.165, 1.54) is 25.3 Å². The van der Waals surface area contributed by atoms with Crippen molar-refractivity contribution in [1.82, 2.24) is 9.55 Å². The summed E-state index contributed by atoms with van der Waals surface area (Å²) >= 11 is 0. The number of aromatic nitrogens is 2. The van der Waals surface area contributed by atoms with Crippen molar-refractivity contribution in [2.24, 2.45) is 0 Å². The molecule has 0 amide bonds. The molecule has 0 unspecified atom stereocenters. The maximum Gasteiger partial charge on any atom is 0.573 e. The predicted molar refractivity (Wildman–Crippen MR) is 85.1 cm³/mol. The van der Waals surface area contributed by atoms with E-state index in [-0.39, 0.29) is 12.3 Å². The average Bonchev–Trinajstić information content (AvgIpc) is 2.77. The standard InChI is InChI=1S/C17H18F4N2O3/c1-10-13-5-6-25-12(8-18)9-23(13)16(22-10)11-3-4-14(15(7-11)24-2)26-17(19,20)21/h3-4,7,12H,5-6,8-9H2,1-2H3/t12-/m1/s1. The second-order valence-electron chi connectivity index (χ2n) is 5.89. The van der Waals surface area contributed by atoms with Crippen LogP contribution in [0, 0.1) is 6.92 Å². The molecule has 1 aliphatic heterocycles. The quantitative estimate of drug-likeness (QED) is 0.766. The number of fused-ring (bicyclic) bond motifs is 1. The van der Waals surface area contributed by atoms with Gasteiger partial charge in [-0.1, -0.05) is 0 Å². The number of rotatable bonds is 4. The Bertz CT molecular complexity index is 789. The number of nitrogens with zero attached hydrogens (tertiary/aromatic N) is 2. The summed E-state index contributed by atoms with van der Waals surface area (Å²) in [6, 6.07) is 4.07. The van der Waals surface area contributed by atoms with Crippen molar-refractivity contribution in [2.75, 3.05) is 20.4 Å². The van der Waals surface area contributed by atoms with Gasteiger partial charge in [-0.15, -0.1) is 13.2 Å². The van der Waals surface area contributed by atoms with Crippen molar-refractivity contribution >= 4 is 0 Å². The van der Waals surface area contributed by atoms with Crippen LogP contribution in [0.5, 0.6) is 11.5 Å². The van der Waals surface area contributed by atoms with Gasteiger partial charge in [-0.3, -0.25) is 0 Å². The third kappa shape index (κ3) is 3.77. The van der Waals surface area contributed by atoms with E-state index in [2.05, 4.69) is 9.72 Å². The molecule has 1 atom stereocenters. The molecular weight excluding hydrogens is 356 g/mol. The molecule has 0 saturated heterocycles. The first-order valence-electron chi connectivity index (χ1n) is 8.00. The Hall–Kier alpha value is -2.29. The molecule has 3 rings (SSSR count). The molecule has 0 spiro atoms. The second kappa shape index (κ2) is 7.14. The van der Waals surface area contributed by atoms with Crippen LogP contribution < -0.4 is 9.47 Å². The minimum atomic E-state index is -4.82. The fourth-order valence-electron chi connectivity index (χ4n) is 3.03. The maximum absolute atomic E-state index is 13.1. The van der Waals surface area contributed by atoms with Gasteiger partial charge in [0.15, 0.2) is 11.5 Å². The molecule has 0 bridgehead atoms. The van der Waals surface area contributed by atoms with Crippen molar-refractivity contribution in [3.63, 3.8) is 0 Å². The van der Waals surface area contributed by atoms with E-state index in [1.807, 2.05) is 11.5 Å². The van der Waals surface area contributed by atoms with Gasteiger partial charge < -0.3 is 18.8 Å². The van der Waals surface area contributed by atoms with E-state index < -0.39 is 24.9 Å².